The fourth-order valence-corrected chi connectivity index (χ4v) is 5.53. The van der Waals surface area contributed by atoms with Crippen molar-refractivity contribution in [3.63, 3.8) is 0 Å². The summed E-state index contributed by atoms with van der Waals surface area (Å²) in [5, 5.41) is 15.6. The standard InChI is InChI=1S/C26H40ClFN4O5/c1-36-24(33)30-14-7-13-26(35,21-11-4-12-22(27)23(21)28)19-8-5-15-31(18-19)25(34)32(29)16-6-10-20-9-2-3-17-37-20/h4,11-12,19-20,35H,2-3,5-10,13-18,29H2,1H3,(H,30,33). The second-order valence-electron chi connectivity index (χ2n) is 9.94. The molecule has 3 unspecified atom stereocenters. The van der Waals surface area contributed by atoms with Crippen LogP contribution >= 0.6 is 11.6 Å². The van der Waals surface area contributed by atoms with E-state index < -0.39 is 23.4 Å². The Morgan fingerprint density at radius 1 is 1.32 bits per heavy atom. The minimum Gasteiger partial charge on any atom is -0.453 e. The van der Waals surface area contributed by atoms with Crippen LogP contribution in [-0.2, 0) is 15.1 Å². The predicted molar refractivity (Wildman–Crippen MR) is 138 cm³/mol. The van der Waals surface area contributed by atoms with Crippen molar-refractivity contribution in [2.24, 2.45) is 11.8 Å². The first kappa shape index (κ1) is 29.4. The molecule has 0 spiro atoms. The quantitative estimate of drug-likeness (QED) is 0.177. The molecule has 2 saturated heterocycles. The number of hydrazine groups is 1. The maximum absolute atomic E-state index is 15.1. The number of rotatable bonds is 10. The van der Waals surface area contributed by atoms with Crippen molar-refractivity contribution in [1.82, 2.24) is 15.2 Å². The Labute approximate surface area is 223 Å². The van der Waals surface area contributed by atoms with Crippen LogP contribution in [0.25, 0.3) is 0 Å². The number of halogens is 2. The molecular weight excluding hydrogens is 503 g/mol. The zero-order valence-electron chi connectivity index (χ0n) is 21.6. The van der Waals surface area contributed by atoms with Crippen molar-refractivity contribution in [3.8, 4) is 0 Å². The molecule has 2 aliphatic heterocycles. The summed E-state index contributed by atoms with van der Waals surface area (Å²) in [4.78, 5) is 26.2. The minimum absolute atomic E-state index is 0.0811. The summed E-state index contributed by atoms with van der Waals surface area (Å²) in [5.74, 6) is 5.00. The van der Waals surface area contributed by atoms with Gasteiger partial charge in [0.1, 0.15) is 5.82 Å². The molecule has 3 atom stereocenters. The van der Waals surface area contributed by atoms with Gasteiger partial charge in [0.15, 0.2) is 0 Å². The van der Waals surface area contributed by atoms with E-state index in [1.807, 2.05) is 0 Å². The zero-order chi connectivity index (χ0) is 26.8. The first-order valence-electron chi connectivity index (χ1n) is 13.2. The first-order chi connectivity index (χ1) is 17.8. The lowest BCUT2D eigenvalue weighted by molar-refractivity contribution is -0.0591. The summed E-state index contributed by atoms with van der Waals surface area (Å²) >= 11 is 6.05. The number of nitrogens with one attached hydrogen (secondary N) is 1. The number of hydrogen-bond acceptors (Lipinski definition) is 6. The molecule has 0 bridgehead atoms. The Hall–Kier alpha value is -2.14. The van der Waals surface area contributed by atoms with Gasteiger partial charge >= 0.3 is 12.1 Å². The molecular formula is C26H40ClFN4O5. The summed E-state index contributed by atoms with van der Waals surface area (Å²) < 4.78 is 25.5. The van der Waals surface area contributed by atoms with Crippen molar-refractivity contribution < 1.29 is 28.6 Å². The van der Waals surface area contributed by atoms with Gasteiger partial charge in [-0.1, -0.05) is 23.7 Å². The molecule has 0 aromatic heterocycles. The molecule has 0 aliphatic carbocycles. The molecule has 0 saturated carbocycles. The molecule has 11 heteroatoms. The number of aliphatic hydroxyl groups is 1. The Bertz CT molecular complexity index is 904. The number of hydrogen-bond donors (Lipinski definition) is 3. The fraction of sp³-hybridized carbons (Fsp3) is 0.692. The van der Waals surface area contributed by atoms with Gasteiger partial charge in [-0.2, -0.15) is 0 Å². The van der Waals surface area contributed by atoms with Crippen LogP contribution in [0.4, 0.5) is 14.0 Å². The molecule has 2 aliphatic rings. The molecule has 4 N–H and O–H groups in total. The van der Waals surface area contributed by atoms with Gasteiger partial charge in [-0.15, -0.1) is 0 Å². The smallest absolute Gasteiger partial charge is 0.406 e. The Morgan fingerprint density at radius 3 is 2.86 bits per heavy atom. The SMILES string of the molecule is COC(=O)NCCCC(O)(c1cccc(Cl)c1F)C1CCCN(C(=O)N(N)CCCC2CCCCO2)C1. The number of methoxy groups -OCH3 is 1. The van der Waals surface area contributed by atoms with Gasteiger partial charge in [-0.25, -0.2) is 19.8 Å². The van der Waals surface area contributed by atoms with Crippen LogP contribution in [0.2, 0.25) is 5.02 Å². The highest BCUT2D eigenvalue weighted by molar-refractivity contribution is 6.30. The van der Waals surface area contributed by atoms with Gasteiger partial charge in [0.05, 0.1) is 23.8 Å². The molecule has 0 radical (unpaired) electrons. The number of ether oxygens (including phenoxy) is 2. The van der Waals surface area contributed by atoms with Crippen molar-refractivity contribution in [1.29, 1.82) is 0 Å². The molecule has 37 heavy (non-hydrogen) atoms. The van der Waals surface area contributed by atoms with E-state index in [0.29, 0.717) is 32.4 Å². The normalized spacial score (nSPS) is 21.7. The van der Waals surface area contributed by atoms with Crippen LogP contribution in [0, 0.1) is 11.7 Å². The monoisotopic (exact) mass is 542 g/mol. The van der Waals surface area contributed by atoms with Crippen LogP contribution in [0.5, 0.6) is 0 Å². The van der Waals surface area contributed by atoms with Crippen LogP contribution in [-0.4, -0.2) is 73.1 Å². The average molecular weight is 543 g/mol. The lowest BCUT2D eigenvalue weighted by Gasteiger charge is -2.43. The van der Waals surface area contributed by atoms with E-state index in [1.165, 1.54) is 30.7 Å². The second kappa shape index (κ2) is 14.1. The summed E-state index contributed by atoms with van der Waals surface area (Å²) in [5.41, 5.74) is -1.50. The maximum Gasteiger partial charge on any atom is 0.406 e. The van der Waals surface area contributed by atoms with Gasteiger partial charge in [-0.05, 0) is 63.9 Å². The number of carbonyl (C=O) groups excluding carboxylic acids is 2. The number of urea groups is 1. The average Bonchev–Trinajstić information content (AvgIpc) is 2.92. The molecule has 3 amide bonds. The van der Waals surface area contributed by atoms with Gasteiger partial charge in [0.25, 0.3) is 0 Å². The third-order valence-electron chi connectivity index (χ3n) is 7.42. The van der Waals surface area contributed by atoms with E-state index in [-0.39, 0.29) is 42.2 Å². The Balaban J connectivity index is 1.66. The third kappa shape index (κ3) is 7.92. The van der Waals surface area contributed by atoms with Crippen molar-refractivity contribution in [3.05, 3.63) is 34.6 Å². The largest absolute Gasteiger partial charge is 0.453 e. The highest BCUT2D eigenvalue weighted by atomic mass is 35.5. The van der Waals surface area contributed by atoms with Crippen LogP contribution in [0.1, 0.15) is 63.4 Å². The molecule has 1 aromatic carbocycles. The van der Waals surface area contributed by atoms with Crippen LogP contribution in [0.3, 0.4) is 0 Å². The lowest BCUT2D eigenvalue weighted by atomic mass is 9.74. The summed E-state index contributed by atoms with van der Waals surface area (Å²) in [7, 11) is 1.27. The fourth-order valence-electron chi connectivity index (χ4n) is 5.36. The van der Waals surface area contributed by atoms with E-state index in [0.717, 1.165) is 32.3 Å². The number of piperidine rings is 1. The first-order valence-corrected chi connectivity index (χ1v) is 13.6. The number of nitrogens with zero attached hydrogens (tertiary/aromatic N) is 2. The third-order valence-corrected chi connectivity index (χ3v) is 7.71. The summed E-state index contributed by atoms with van der Waals surface area (Å²) in [6, 6.07) is 4.25. The number of alkyl carbamates (subject to hydrolysis) is 1. The van der Waals surface area contributed by atoms with Crippen LogP contribution < -0.4 is 11.2 Å². The highest BCUT2D eigenvalue weighted by Crippen LogP contribution is 2.41. The molecule has 3 rings (SSSR count). The van der Waals surface area contributed by atoms with E-state index in [1.54, 1.807) is 11.0 Å². The zero-order valence-corrected chi connectivity index (χ0v) is 22.4. The van der Waals surface area contributed by atoms with Crippen molar-refractivity contribution >= 4 is 23.7 Å². The molecule has 2 fully saturated rings. The maximum atomic E-state index is 15.1. The molecule has 2 heterocycles. The highest BCUT2D eigenvalue weighted by Gasteiger charge is 2.43. The van der Waals surface area contributed by atoms with Gasteiger partial charge < -0.3 is 24.8 Å². The number of likely N-dealkylation sites (tertiary alicyclic amines) is 1. The van der Waals surface area contributed by atoms with E-state index in [4.69, 9.17) is 22.2 Å². The summed E-state index contributed by atoms with van der Waals surface area (Å²) in [6.45, 7) is 2.18. The molecule has 1 aromatic rings. The number of amides is 3. The second-order valence-corrected chi connectivity index (χ2v) is 10.3. The number of nitrogens with two attached hydrogens (primary N) is 1. The van der Waals surface area contributed by atoms with E-state index >= 15 is 4.39 Å². The summed E-state index contributed by atoms with van der Waals surface area (Å²) in [6.07, 6.45) is 6.33. The Kier molecular flexibility index (Phi) is 11.2. The van der Waals surface area contributed by atoms with Gasteiger partial charge in [0.2, 0.25) is 0 Å². The number of benzene rings is 1. The van der Waals surface area contributed by atoms with Gasteiger partial charge in [-0.3, -0.25) is 5.01 Å². The minimum atomic E-state index is -1.59. The topological polar surface area (TPSA) is 117 Å². The number of carbonyl (C=O) groups is 2. The van der Waals surface area contributed by atoms with E-state index in [2.05, 4.69) is 10.1 Å². The Morgan fingerprint density at radius 2 is 2.14 bits per heavy atom. The predicted octanol–water partition coefficient (Wildman–Crippen LogP) is 4.16. The molecule has 208 valence electrons. The van der Waals surface area contributed by atoms with Gasteiger partial charge in [0, 0.05) is 44.3 Å². The molecule has 9 nitrogen and oxygen atoms in total. The van der Waals surface area contributed by atoms with Crippen molar-refractivity contribution in [2.75, 3.05) is 39.9 Å². The van der Waals surface area contributed by atoms with Crippen molar-refractivity contribution in [2.45, 2.75) is 69.5 Å². The van der Waals surface area contributed by atoms with E-state index in [9.17, 15) is 14.7 Å². The van der Waals surface area contributed by atoms with Crippen LogP contribution in [0.15, 0.2) is 18.2 Å². The lowest BCUT2D eigenvalue weighted by Crippen LogP contribution is -2.54.